The number of rotatable bonds is 4. The van der Waals surface area contributed by atoms with E-state index in [-0.39, 0.29) is 0 Å². The molecule has 0 aliphatic rings. The Morgan fingerprint density at radius 3 is 1.37 bits per heavy atom. The predicted octanol–water partition coefficient (Wildman–Crippen LogP) is 2.55. The van der Waals surface area contributed by atoms with Crippen LogP contribution in [0.1, 0.15) is 20.7 Å². The van der Waals surface area contributed by atoms with Gasteiger partial charge in [0.2, 0.25) is 0 Å². The highest BCUT2D eigenvalue weighted by Crippen LogP contribution is 2.04. The van der Waals surface area contributed by atoms with Gasteiger partial charge in [0.1, 0.15) is 0 Å². The third-order valence-electron chi connectivity index (χ3n) is 2.24. The van der Waals surface area contributed by atoms with Gasteiger partial charge in [-0.05, 0) is 24.3 Å². The summed E-state index contributed by atoms with van der Waals surface area (Å²) in [6, 6.07) is 16.4. The van der Waals surface area contributed by atoms with Crippen molar-refractivity contribution in [2.24, 2.45) is 0 Å². The van der Waals surface area contributed by atoms with E-state index in [0.717, 1.165) is 0 Å². The average Bonchev–Trinajstić information content (AvgIpc) is 2.49. The first-order valence-electron chi connectivity index (χ1n) is 5.47. The largest absolute Gasteiger partial charge is 0.377 e. The average molecular weight is 258 g/mol. The van der Waals surface area contributed by atoms with E-state index in [4.69, 9.17) is 0 Å². The highest BCUT2D eigenvalue weighted by Gasteiger charge is 2.11. The van der Waals surface area contributed by atoms with E-state index < -0.39 is 11.9 Å². The van der Waals surface area contributed by atoms with E-state index in [0.29, 0.717) is 11.1 Å². The Morgan fingerprint density at radius 1 is 0.632 bits per heavy atom. The monoisotopic (exact) mass is 258 g/mol. The number of benzene rings is 2. The maximum absolute atomic E-state index is 11.4. The molecule has 0 heterocycles. The standard InChI is InChI=1S/C14H10O5/c15-13(11-7-3-1-4-8-11)17-19-18-14(16)12-9-5-2-6-10-12/h1-10H. The molecule has 5 nitrogen and oxygen atoms in total. The van der Waals surface area contributed by atoms with Crippen molar-refractivity contribution in [2.45, 2.75) is 0 Å². The maximum Gasteiger partial charge on any atom is 0.377 e. The van der Waals surface area contributed by atoms with Crippen LogP contribution in [0.15, 0.2) is 60.7 Å². The minimum absolute atomic E-state index is 0.290. The Balaban J connectivity index is 1.81. The fraction of sp³-hybridized carbons (Fsp3) is 0. The molecule has 0 saturated carbocycles. The highest BCUT2D eigenvalue weighted by atomic mass is 17.5. The van der Waals surface area contributed by atoms with Crippen molar-refractivity contribution in [1.82, 2.24) is 0 Å². The van der Waals surface area contributed by atoms with Gasteiger partial charge in [-0.15, -0.1) is 0 Å². The summed E-state index contributed by atoms with van der Waals surface area (Å²) in [7, 11) is 0. The van der Waals surface area contributed by atoms with Crippen LogP contribution in [0.2, 0.25) is 0 Å². The molecule has 0 aliphatic heterocycles. The fourth-order valence-electron chi connectivity index (χ4n) is 1.32. The second-order valence-corrected chi connectivity index (χ2v) is 3.54. The lowest BCUT2D eigenvalue weighted by Crippen LogP contribution is -2.10. The van der Waals surface area contributed by atoms with Crippen molar-refractivity contribution < 1.29 is 24.4 Å². The molecule has 0 spiro atoms. The van der Waals surface area contributed by atoms with E-state index in [1.165, 1.54) is 0 Å². The van der Waals surface area contributed by atoms with Crippen LogP contribution in [-0.4, -0.2) is 11.9 Å². The van der Waals surface area contributed by atoms with E-state index in [9.17, 15) is 9.59 Å². The Morgan fingerprint density at radius 2 is 1.00 bits per heavy atom. The van der Waals surface area contributed by atoms with Crippen molar-refractivity contribution in [3.8, 4) is 0 Å². The third-order valence-corrected chi connectivity index (χ3v) is 2.24. The molecule has 0 radical (unpaired) electrons. The molecule has 2 aromatic rings. The summed E-state index contributed by atoms with van der Waals surface area (Å²) >= 11 is 0. The molecule has 0 saturated heterocycles. The van der Waals surface area contributed by atoms with Crippen LogP contribution in [0.3, 0.4) is 0 Å². The van der Waals surface area contributed by atoms with Gasteiger partial charge in [-0.3, -0.25) is 9.78 Å². The summed E-state index contributed by atoms with van der Waals surface area (Å²) in [6.45, 7) is 0. The molecule has 0 fully saturated rings. The summed E-state index contributed by atoms with van der Waals surface area (Å²) in [6.07, 6.45) is 0. The molecule has 0 aromatic heterocycles. The normalized spacial score (nSPS) is 9.68. The third kappa shape index (κ3) is 3.65. The lowest BCUT2D eigenvalue weighted by Gasteiger charge is -2.02. The molecular formula is C14H10O5. The molecule has 0 atom stereocenters. The quantitative estimate of drug-likeness (QED) is 0.623. The zero-order valence-electron chi connectivity index (χ0n) is 9.81. The van der Waals surface area contributed by atoms with Crippen LogP contribution in [-0.2, 0) is 14.8 Å². The van der Waals surface area contributed by atoms with Gasteiger partial charge in [0.25, 0.3) is 0 Å². The molecule has 96 valence electrons. The van der Waals surface area contributed by atoms with E-state index in [1.54, 1.807) is 60.7 Å². The highest BCUT2D eigenvalue weighted by molar-refractivity contribution is 5.89. The Hall–Kier alpha value is -2.66. The molecule has 5 heteroatoms. The number of hydrogen-bond donors (Lipinski definition) is 0. The van der Waals surface area contributed by atoms with E-state index in [2.05, 4.69) is 14.8 Å². The number of hydrogen-bond acceptors (Lipinski definition) is 5. The van der Waals surface area contributed by atoms with Gasteiger partial charge in [0.05, 0.1) is 11.1 Å². The second kappa shape index (κ2) is 6.32. The molecule has 0 amide bonds. The van der Waals surface area contributed by atoms with Gasteiger partial charge < -0.3 is 0 Å². The van der Waals surface area contributed by atoms with Gasteiger partial charge in [-0.1, -0.05) is 36.4 Å². The molecule has 0 N–H and O–H groups in total. The molecule has 0 bridgehead atoms. The lowest BCUT2D eigenvalue weighted by atomic mass is 10.2. The van der Waals surface area contributed by atoms with Gasteiger partial charge in [0, 0.05) is 5.04 Å². The van der Waals surface area contributed by atoms with Crippen LogP contribution < -0.4 is 0 Å². The van der Waals surface area contributed by atoms with Crippen LogP contribution in [0.25, 0.3) is 0 Å². The van der Waals surface area contributed by atoms with E-state index in [1.807, 2.05) is 0 Å². The Bertz CT molecular complexity index is 499. The SMILES string of the molecule is O=C(OOOC(=O)c1ccccc1)c1ccccc1. The summed E-state index contributed by atoms with van der Waals surface area (Å²) in [4.78, 5) is 31.5. The predicted molar refractivity (Wildman–Crippen MR) is 64.8 cm³/mol. The molecule has 0 aliphatic carbocycles. The van der Waals surface area contributed by atoms with Gasteiger partial charge >= 0.3 is 11.9 Å². The van der Waals surface area contributed by atoms with Gasteiger partial charge in [-0.25, -0.2) is 9.59 Å². The molecule has 2 rings (SSSR count). The lowest BCUT2D eigenvalue weighted by molar-refractivity contribution is -0.446. The summed E-state index contributed by atoms with van der Waals surface area (Å²) in [5, 5.41) is 4.17. The smallest absolute Gasteiger partial charge is 0.254 e. The fourth-order valence-corrected chi connectivity index (χ4v) is 1.32. The Kier molecular flexibility index (Phi) is 4.25. The Labute approximate surface area is 109 Å². The van der Waals surface area contributed by atoms with Crippen LogP contribution in [0.5, 0.6) is 0 Å². The van der Waals surface area contributed by atoms with E-state index >= 15 is 0 Å². The molecule has 2 aromatic carbocycles. The van der Waals surface area contributed by atoms with Crippen molar-refractivity contribution in [2.75, 3.05) is 0 Å². The molecule has 19 heavy (non-hydrogen) atoms. The minimum atomic E-state index is -0.749. The topological polar surface area (TPSA) is 61.8 Å². The first-order chi connectivity index (χ1) is 9.27. The molecular weight excluding hydrogens is 248 g/mol. The number of carbonyl (C=O) groups is 2. The van der Waals surface area contributed by atoms with Crippen LogP contribution >= 0.6 is 0 Å². The second-order valence-electron chi connectivity index (χ2n) is 3.54. The van der Waals surface area contributed by atoms with Crippen molar-refractivity contribution in [3.63, 3.8) is 0 Å². The molecule has 0 unspecified atom stereocenters. The van der Waals surface area contributed by atoms with Crippen LogP contribution in [0, 0.1) is 0 Å². The zero-order valence-corrected chi connectivity index (χ0v) is 9.81. The van der Waals surface area contributed by atoms with Crippen LogP contribution in [0.4, 0.5) is 0 Å². The summed E-state index contributed by atoms with van der Waals surface area (Å²) in [5.74, 6) is -1.50. The van der Waals surface area contributed by atoms with Crippen molar-refractivity contribution in [3.05, 3.63) is 71.8 Å². The summed E-state index contributed by atoms with van der Waals surface area (Å²) in [5.41, 5.74) is 0.580. The first kappa shape index (κ1) is 12.8. The first-order valence-corrected chi connectivity index (χ1v) is 5.47. The summed E-state index contributed by atoms with van der Waals surface area (Å²) < 4.78 is 0. The van der Waals surface area contributed by atoms with Crippen molar-refractivity contribution >= 4 is 11.9 Å². The minimum Gasteiger partial charge on any atom is -0.254 e. The number of carbonyl (C=O) groups excluding carboxylic acids is 2. The van der Waals surface area contributed by atoms with Gasteiger partial charge in [-0.2, -0.15) is 0 Å². The zero-order chi connectivity index (χ0) is 13.5. The van der Waals surface area contributed by atoms with Gasteiger partial charge in [0.15, 0.2) is 0 Å². The maximum atomic E-state index is 11.4. The van der Waals surface area contributed by atoms with Crippen molar-refractivity contribution in [1.29, 1.82) is 0 Å².